The number of benzene rings is 1. The van der Waals surface area contributed by atoms with Crippen LogP contribution in [0.4, 0.5) is 0 Å². The Morgan fingerprint density at radius 2 is 2.10 bits per heavy atom. The van der Waals surface area contributed by atoms with E-state index in [2.05, 4.69) is 15.5 Å². The van der Waals surface area contributed by atoms with Crippen LogP contribution in [0, 0.1) is 0 Å². The van der Waals surface area contributed by atoms with Crippen LogP contribution in [0.25, 0.3) is 11.4 Å². The number of hydrogen-bond donors (Lipinski definition) is 1. The van der Waals surface area contributed by atoms with Crippen LogP contribution in [0.5, 0.6) is 5.75 Å². The Balaban J connectivity index is 1.73. The minimum atomic E-state index is 0.173. The van der Waals surface area contributed by atoms with Crippen LogP contribution in [0.15, 0.2) is 28.8 Å². The Labute approximate surface area is 124 Å². The van der Waals surface area contributed by atoms with E-state index in [4.69, 9.17) is 9.26 Å². The number of rotatable bonds is 4. The molecule has 5 nitrogen and oxygen atoms in total. The number of hydrogen-bond acceptors (Lipinski definition) is 5. The molecule has 1 fully saturated rings. The van der Waals surface area contributed by atoms with Crippen LogP contribution in [-0.4, -0.2) is 29.3 Å². The topological polar surface area (TPSA) is 60.2 Å². The van der Waals surface area contributed by atoms with Gasteiger partial charge in [-0.1, -0.05) is 5.16 Å². The van der Waals surface area contributed by atoms with Crippen molar-refractivity contribution in [2.45, 2.75) is 38.7 Å². The van der Waals surface area contributed by atoms with Crippen molar-refractivity contribution in [2.75, 3.05) is 13.1 Å². The van der Waals surface area contributed by atoms with Crippen LogP contribution < -0.4 is 10.1 Å². The number of nitrogens with one attached hydrogen (secondary N) is 1. The van der Waals surface area contributed by atoms with Gasteiger partial charge in [0.1, 0.15) is 5.75 Å². The Morgan fingerprint density at radius 1 is 1.29 bits per heavy atom. The summed E-state index contributed by atoms with van der Waals surface area (Å²) in [5, 5.41) is 7.46. The largest absolute Gasteiger partial charge is 0.491 e. The predicted octanol–water partition coefficient (Wildman–Crippen LogP) is 2.99. The molecule has 3 rings (SSSR count). The average molecular weight is 287 g/mol. The van der Waals surface area contributed by atoms with Crippen molar-refractivity contribution in [1.29, 1.82) is 0 Å². The van der Waals surface area contributed by atoms with Crippen molar-refractivity contribution in [2.24, 2.45) is 0 Å². The van der Waals surface area contributed by atoms with E-state index in [9.17, 15) is 0 Å². The highest BCUT2D eigenvalue weighted by molar-refractivity contribution is 5.55. The number of nitrogens with zero attached hydrogens (tertiary/aromatic N) is 2. The van der Waals surface area contributed by atoms with Crippen molar-refractivity contribution >= 4 is 0 Å². The first-order chi connectivity index (χ1) is 10.2. The number of aromatic nitrogens is 2. The number of piperidine rings is 1. The van der Waals surface area contributed by atoms with Gasteiger partial charge in [-0.2, -0.15) is 4.98 Å². The molecule has 1 unspecified atom stereocenters. The van der Waals surface area contributed by atoms with Gasteiger partial charge in [-0.25, -0.2) is 0 Å². The van der Waals surface area contributed by atoms with Crippen molar-refractivity contribution in [1.82, 2.24) is 15.5 Å². The molecule has 0 amide bonds. The van der Waals surface area contributed by atoms with E-state index >= 15 is 0 Å². The fraction of sp³-hybridized carbons (Fsp3) is 0.500. The van der Waals surface area contributed by atoms with Crippen molar-refractivity contribution in [3.63, 3.8) is 0 Å². The van der Waals surface area contributed by atoms with Crippen LogP contribution in [0.3, 0.4) is 0 Å². The van der Waals surface area contributed by atoms with Crippen molar-refractivity contribution in [3.05, 3.63) is 30.2 Å². The van der Waals surface area contributed by atoms with Crippen LogP contribution in [0.1, 0.15) is 38.5 Å². The average Bonchev–Trinajstić information content (AvgIpc) is 2.98. The molecule has 1 aromatic carbocycles. The van der Waals surface area contributed by atoms with Gasteiger partial charge in [0, 0.05) is 12.1 Å². The Morgan fingerprint density at radius 3 is 2.76 bits per heavy atom. The van der Waals surface area contributed by atoms with Gasteiger partial charge in [0.15, 0.2) is 0 Å². The summed E-state index contributed by atoms with van der Waals surface area (Å²) in [4.78, 5) is 4.54. The van der Waals surface area contributed by atoms with Crippen molar-refractivity contribution < 1.29 is 9.26 Å². The first-order valence-electron chi connectivity index (χ1n) is 7.54. The van der Waals surface area contributed by atoms with Gasteiger partial charge in [0.2, 0.25) is 11.7 Å². The molecule has 1 aromatic heterocycles. The van der Waals surface area contributed by atoms with Gasteiger partial charge in [-0.15, -0.1) is 0 Å². The van der Waals surface area contributed by atoms with E-state index in [0.29, 0.717) is 11.7 Å². The van der Waals surface area contributed by atoms with E-state index in [1.165, 1.54) is 0 Å². The molecule has 112 valence electrons. The zero-order valence-corrected chi connectivity index (χ0v) is 12.5. The third-order valence-electron chi connectivity index (χ3n) is 3.57. The first-order valence-corrected chi connectivity index (χ1v) is 7.54. The molecule has 1 atom stereocenters. The third-order valence-corrected chi connectivity index (χ3v) is 3.57. The summed E-state index contributed by atoms with van der Waals surface area (Å²) in [7, 11) is 0. The fourth-order valence-electron chi connectivity index (χ4n) is 2.54. The standard InChI is InChI=1S/C16H21N3O2/c1-11(2)20-14-7-5-12(6-8-14)15-18-16(21-19-15)13-4-3-9-17-10-13/h5-8,11,13,17H,3-4,9-10H2,1-2H3. The first kappa shape index (κ1) is 14.1. The second-order valence-corrected chi connectivity index (χ2v) is 5.69. The molecular formula is C16H21N3O2. The summed E-state index contributed by atoms with van der Waals surface area (Å²) in [5.41, 5.74) is 0.949. The second kappa shape index (κ2) is 6.26. The lowest BCUT2D eigenvalue weighted by Crippen LogP contribution is -2.28. The Kier molecular flexibility index (Phi) is 4.20. The Hall–Kier alpha value is -1.88. The Bertz CT molecular complexity index is 571. The molecule has 1 aliphatic rings. The van der Waals surface area contributed by atoms with E-state index in [1.54, 1.807) is 0 Å². The highest BCUT2D eigenvalue weighted by atomic mass is 16.5. The molecule has 0 radical (unpaired) electrons. The second-order valence-electron chi connectivity index (χ2n) is 5.69. The molecule has 2 aromatic rings. The zero-order chi connectivity index (χ0) is 14.7. The molecule has 1 saturated heterocycles. The minimum Gasteiger partial charge on any atom is -0.491 e. The van der Waals surface area contributed by atoms with Crippen molar-refractivity contribution in [3.8, 4) is 17.1 Å². The normalized spacial score (nSPS) is 18.9. The van der Waals surface area contributed by atoms with E-state index < -0.39 is 0 Å². The predicted molar refractivity (Wildman–Crippen MR) is 80.3 cm³/mol. The van der Waals surface area contributed by atoms with Gasteiger partial charge in [0.05, 0.1) is 12.0 Å². The summed E-state index contributed by atoms with van der Waals surface area (Å²) in [5.74, 6) is 2.57. The van der Waals surface area contributed by atoms with Crippen LogP contribution in [0.2, 0.25) is 0 Å². The monoisotopic (exact) mass is 287 g/mol. The zero-order valence-electron chi connectivity index (χ0n) is 12.5. The fourth-order valence-corrected chi connectivity index (χ4v) is 2.54. The molecule has 0 spiro atoms. The lowest BCUT2D eigenvalue weighted by Gasteiger charge is -2.18. The third kappa shape index (κ3) is 3.42. The molecular weight excluding hydrogens is 266 g/mol. The summed E-state index contributed by atoms with van der Waals surface area (Å²) < 4.78 is 11.1. The summed E-state index contributed by atoms with van der Waals surface area (Å²) >= 11 is 0. The number of ether oxygens (including phenoxy) is 1. The molecule has 0 saturated carbocycles. The highest BCUT2D eigenvalue weighted by Gasteiger charge is 2.21. The van der Waals surface area contributed by atoms with Gasteiger partial charge >= 0.3 is 0 Å². The SMILES string of the molecule is CC(C)Oc1ccc(-c2noc(C3CCCNC3)n2)cc1. The summed E-state index contributed by atoms with van der Waals surface area (Å²) in [6.45, 7) is 6.02. The summed E-state index contributed by atoms with van der Waals surface area (Å²) in [6.07, 6.45) is 2.44. The van der Waals surface area contributed by atoms with Gasteiger partial charge in [0.25, 0.3) is 0 Å². The summed E-state index contributed by atoms with van der Waals surface area (Å²) in [6, 6.07) is 7.80. The molecule has 0 bridgehead atoms. The van der Waals surface area contributed by atoms with Gasteiger partial charge in [-0.05, 0) is 57.5 Å². The molecule has 0 aliphatic carbocycles. The molecule has 1 N–H and O–H groups in total. The highest BCUT2D eigenvalue weighted by Crippen LogP contribution is 2.25. The maximum absolute atomic E-state index is 5.63. The van der Waals surface area contributed by atoms with Crippen LogP contribution in [-0.2, 0) is 0 Å². The maximum Gasteiger partial charge on any atom is 0.231 e. The van der Waals surface area contributed by atoms with E-state index in [0.717, 1.165) is 43.1 Å². The maximum atomic E-state index is 5.63. The minimum absolute atomic E-state index is 0.173. The van der Waals surface area contributed by atoms with Gasteiger partial charge < -0.3 is 14.6 Å². The van der Waals surface area contributed by atoms with E-state index in [-0.39, 0.29) is 6.10 Å². The lowest BCUT2D eigenvalue weighted by atomic mass is 10.00. The quantitative estimate of drug-likeness (QED) is 0.936. The molecule has 1 aliphatic heterocycles. The molecule has 21 heavy (non-hydrogen) atoms. The smallest absolute Gasteiger partial charge is 0.231 e. The molecule has 5 heteroatoms. The van der Waals surface area contributed by atoms with Crippen LogP contribution >= 0.6 is 0 Å². The van der Waals surface area contributed by atoms with Gasteiger partial charge in [-0.3, -0.25) is 0 Å². The van der Waals surface area contributed by atoms with E-state index in [1.807, 2.05) is 38.1 Å². The lowest BCUT2D eigenvalue weighted by molar-refractivity contribution is 0.242. The molecule has 2 heterocycles.